The lowest BCUT2D eigenvalue weighted by molar-refractivity contribution is 1.07. The molecule has 10 nitrogen and oxygen atoms in total. The predicted molar refractivity (Wildman–Crippen MR) is 328 cm³/mol. The second-order valence-electron chi connectivity index (χ2n) is 19.6. The summed E-state index contributed by atoms with van der Waals surface area (Å²) in [5.74, 6) is 3.31. The van der Waals surface area contributed by atoms with Crippen LogP contribution < -0.4 is 9.80 Å². The molecule has 10 aromatic carbocycles. The number of aromatic nitrogens is 7. The monoisotopic (exact) mass is 1050 g/mol. The first-order valence-electron chi connectivity index (χ1n) is 27.0. The molecule has 0 radical (unpaired) electrons. The molecule has 0 atom stereocenters. The van der Waals surface area contributed by atoms with Gasteiger partial charge in [0.25, 0.3) is 0 Å². The quantitative estimate of drug-likeness (QED) is 0.124. The topological polar surface area (TPSA) is 120 Å². The summed E-state index contributed by atoms with van der Waals surface area (Å²) in [5, 5.41) is 10.3. The van der Waals surface area contributed by atoms with E-state index in [1.54, 1.807) is 0 Å². The Kier molecular flexibility index (Phi) is 12.7. The lowest BCUT2D eigenvalue weighted by Gasteiger charge is -2.40. The highest BCUT2D eigenvalue weighted by atomic mass is 15.3. The largest absolute Gasteiger partial charge is 0.306 e. The number of nitriles is 1. The maximum absolute atomic E-state index is 10.3. The van der Waals surface area contributed by atoms with Crippen LogP contribution in [0, 0.1) is 11.3 Å². The maximum atomic E-state index is 10.3. The minimum atomic E-state index is 0.428. The standard InChI is InChI=1S/C72H46N10/c73-47-48-39-41-51(42-40-48)66-56(59-45-57(49-23-7-1-8-24-49)74-68(76-59)52-27-11-3-12-28-52)43-44-64(67(66)72-79-70(54-31-15-5-16-32-54)78-71(80-72)55-33-17-6-18-34-55)81-60-35-19-21-37-62(60)82(63-38-22-20-36-61(63)81)65-46-58(50-25-9-2-10-26-50)75-69(77-65)53-29-13-4-14-30-53/h1-46H. The van der Waals surface area contributed by atoms with Gasteiger partial charge in [0.05, 0.1) is 62.7 Å². The predicted octanol–water partition coefficient (Wildman–Crippen LogP) is 17.6. The van der Waals surface area contributed by atoms with Crippen molar-refractivity contribution in [2.45, 2.75) is 0 Å². The zero-order valence-corrected chi connectivity index (χ0v) is 44.0. The number of anilines is 6. The van der Waals surface area contributed by atoms with Crippen LogP contribution in [0.1, 0.15) is 5.56 Å². The van der Waals surface area contributed by atoms with Crippen LogP contribution in [0.15, 0.2) is 279 Å². The van der Waals surface area contributed by atoms with Gasteiger partial charge in [-0.3, -0.25) is 4.90 Å². The zero-order valence-electron chi connectivity index (χ0n) is 44.0. The van der Waals surface area contributed by atoms with Gasteiger partial charge in [-0.15, -0.1) is 0 Å². The van der Waals surface area contributed by atoms with Gasteiger partial charge in [0, 0.05) is 50.6 Å². The van der Waals surface area contributed by atoms with Crippen LogP contribution in [0.5, 0.6) is 0 Å². The second kappa shape index (κ2) is 21.4. The van der Waals surface area contributed by atoms with Gasteiger partial charge in [0.2, 0.25) is 0 Å². The molecule has 0 aliphatic carbocycles. The Morgan fingerprint density at radius 2 is 0.622 bits per heavy atom. The van der Waals surface area contributed by atoms with Crippen molar-refractivity contribution in [1.82, 2.24) is 34.9 Å². The molecule has 14 rings (SSSR count). The van der Waals surface area contributed by atoms with Crippen molar-refractivity contribution in [3.8, 4) is 108 Å². The molecule has 4 heterocycles. The van der Waals surface area contributed by atoms with E-state index in [1.165, 1.54) is 0 Å². The average Bonchev–Trinajstić information content (AvgIpc) is 2.51. The molecule has 0 saturated carbocycles. The van der Waals surface area contributed by atoms with Gasteiger partial charge in [0.1, 0.15) is 5.82 Å². The number of hydrogen-bond donors (Lipinski definition) is 0. The molecule has 0 fully saturated rings. The summed E-state index contributed by atoms with van der Waals surface area (Å²) >= 11 is 0. The SMILES string of the molecule is N#Cc1ccc(-c2c(-c3cc(-c4ccccc4)nc(-c4ccccc4)n3)ccc(N3c4ccccc4N(c4cc(-c5ccccc5)nc(-c5ccccc5)n4)c4ccccc43)c2-c2nc(-c3ccccc3)nc(-c3ccccc3)n2)cc1. The molecule has 1 aliphatic rings. The lowest BCUT2D eigenvalue weighted by Crippen LogP contribution is -2.25. The average molecular weight is 1050 g/mol. The molecule has 0 saturated heterocycles. The molecule has 0 bridgehead atoms. The van der Waals surface area contributed by atoms with Gasteiger partial charge in [-0.2, -0.15) is 5.26 Å². The van der Waals surface area contributed by atoms with Crippen LogP contribution in [0.2, 0.25) is 0 Å². The first kappa shape index (κ1) is 48.8. The Labute approximate surface area is 474 Å². The molecule has 384 valence electrons. The van der Waals surface area contributed by atoms with Gasteiger partial charge in [-0.1, -0.05) is 224 Å². The van der Waals surface area contributed by atoms with E-state index in [-0.39, 0.29) is 0 Å². The maximum Gasteiger partial charge on any atom is 0.166 e. The third-order valence-corrected chi connectivity index (χ3v) is 14.5. The highest BCUT2D eigenvalue weighted by Crippen LogP contribution is 2.57. The van der Waals surface area contributed by atoms with Crippen molar-refractivity contribution in [2.24, 2.45) is 0 Å². The summed E-state index contributed by atoms with van der Waals surface area (Å²) in [6.45, 7) is 0. The Bertz CT molecular complexity index is 4280. The fourth-order valence-electron chi connectivity index (χ4n) is 10.7. The van der Waals surface area contributed by atoms with Gasteiger partial charge in [0.15, 0.2) is 29.1 Å². The van der Waals surface area contributed by atoms with Crippen LogP contribution in [0.4, 0.5) is 34.3 Å². The number of rotatable bonds is 11. The molecule has 0 amide bonds. The molecule has 13 aromatic rings. The van der Waals surface area contributed by atoms with E-state index in [0.717, 1.165) is 89.9 Å². The Morgan fingerprint density at radius 1 is 0.256 bits per heavy atom. The minimum Gasteiger partial charge on any atom is -0.306 e. The number of nitrogens with zero attached hydrogens (tertiary/aromatic N) is 10. The van der Waals surface area contributed by atoms with E-state index in [4.69, 9.17) is 34.9 Å². The van der Waals surface area contributed by atoms with E-state index in [9.17, 15) is 5.26 Å². The van der Waals surface area contributed by atoms with Crippen molar-refractivity contribution >= 4 is 34.3 Å². The van der Waals surface area contributed by atoms with Crippen molar-refractivity contribution in [3.63, 3.8) is 0 Å². The number of benzene rings is 10. The zero-order chi connectivity index (χ0) is 54.8. The fourth-order valence-corrected chi connectivity index (χ4v) is 10.7. The van der Waals surface area contributed by atoms with Crippen molar-refractivity contribution < 1.29 is 0 Å². The summed E-state index contributed by atoms with van der Waals surface area (Å²) < 4.78 is 0. The van der Waals surface area contributed by atoms with E-state index >= 15 is 0 Å². The van der Waals surface area contributed by atoms with E-state index in [2.05, 4.69) is 113 Å². The Morgan fingerprint density at radius 3 is 1.07 bits per heavy atom. The number of fused-ring (bicyclic) bond motifs is 2. The molecule has 10 heteroatoms. The first-order valence-corrected chi connectivity index (χ1v) is 27.0. The van der Waals surface area contributed by atoms with Crippen LogP contribution in [-0.2, 0) is 0 Å². The molecule has 0 unspecified atom stereocenters. The van der Waals surface area contributed by atoms with Crippen LogP contribution in [0.25, 0.3) is 102 Å². The van der Waals surface area contributed by atoms with Gasteiger partial charge in [-0.25, -0.2) is 34.9 Å². The Balaban J connectivity index is 1.08. The van der Waals surface area contributed by atoms with E-state index in [1.807, 2.05) is 182 Å². The summed E-state index contributed by atoms with van der Waals surface area (Å²) in [4.78, 5) is 42.0. The summed E-state index contributed by atoms with van der Waals surface area (Å²) in [5.41, 5.74) is 15.5. The fraction of sp³-hybridized carbons (Fsp3) is 0. The first-order chi connectivity index (χ1) is 40.6. The van der Waals surface area contributed by atoms with Crippen LogP contribution in [-0.4, -0.2) is 34.9 Å². The highest BCUT2D eigenvalue weighted by molar-refractivity contribution is 6.07. The summed E-state index contributed by atoms with van der Waals surface area (Å²) in [7, 11) is 0. The Hall–Kier alpha value is -11.5. The van der Waals surface area contributed by atoms with Gasteiger partial charge >= 0.3 is 0 Å². The van der Waals surface area contributed by atoms with Crippen LogP contribution in [0.3, 0.4) is 0 Å². The number of para-hydroxylation sites is 4. The van der Waals surface area contributed by atoms with E-state index in [0.29, 0.717) is 51.8 Å². The molecule has 1 aliphatic heterocycles. The summed E-state index contributed by atoms with van der Waals surface area (Å²) in [6.07, 6.45) is 0. The van der Waals surface area contributed by atoms with Crippen molar-refractivity contribution in [1.29, 1.82) is 5.26 Å². The third kappa shape index (κ3) is 9.26. The van der Waals surface area contributed by atoms with Crippen molar-refractivity contribution in [2.75, 3.05) is 9.80 Å². The third-order valence-electron chi connectivity index (χ3n) is 14.5. The molecule has 0 N–H and O–H groups in total. The minimum absolute atomic E-state index is 0.428. The second-order valence-corrected chi connectivity index (χ2v) is 19.6. The molecular weight excluding hydrogens is 1000 g/mol. The summed E-state index contributed by atoms with van der Waals surface area (Å²) in [6, 6.07) is 96.0. The molecule has 82 heavy (non-hydrogen) atoms. The van der Waals surface area contributed by atoms with Crippen molar-refractivity contribution in [3.05, 3.63) is 285 Å². The lowest BCUT2D eigenvalue weighted by atomic mass is 9.89. The number of hydrogen-bond acceptors (Lipinski definition) is 10. The molecular formula is C72H46N10. The highest BCUT2D eigenvalue weighted by Gasteiger charge is 2.35. The van der Waals surface area contributed by atoms with Gasteiger partial charge in [-0.05, 0) is 54.1 Å². The van der Waals surface area contributed by atoms with E-state index < -0.39 is 0 Å². The van der Waals surface area contributed by atoms with Crippen LogP contribution >= 0.6 is 0 Å². The normalized spacial score (nSPS) is 11.6. The molecule has 3 aromatic heterocycles. The smallest absolute Gasteiger partial charge is 0.166 e. The molecule has 0 spiro atoms. The van der Waals surface area contributed by atoms with Gasteiger partial charge < -0.3 is 4.90 Å².